The lowest BCUT2D eigenvalue weighted by Crippen LogP contribution is -2.45. The molecule has 0 spiro atoms. The fourth-order valence-corrected chi connectivity index (χ4v) is 3.25. The van der Waals surface area contributed by atoms with Crippen LogP contribution in [0, 0.1) is 11.8 Å². The van der Waals surface area contributed by atoms with Crippen LogP contribution in [0.4, 0.5) is 0 Å². The first-order chi connectivity index (χ1) is 10.8. The molecule has 2 aliphatic rings. The van der Waals surface area contributed by atoms with Crippen molar-refractivity contribution in [3.05, 3.63) is 0 Å². The van der Waals surface area contributed by atoms with Gasteiger partial charge in [-0.25, -0.2) is 5.43 Å². The topological polar surface area (TPSA) is 82.3 Å². The fraction of sp³-hybridized carbons (Fsp3) is 0.875. The van der Waals surface area contributed by atoms with E-state index in [1.54, 1.807) is 0 Å². The van der Waals surface area contributed by atoms with Crippen LogP contribution in [0.2, 0.25) is 0 Å². The van der Waals surface area contributed by atoms with Gasteiger partial charge in [-0.15, -0.1) is 0 Å². The SMILES string of the molecule is O=C(CCNNC(=O)C1CCNCC1)NCC1CCCCC1. The maximum atomic E-state index is 11.9. The first kappa shape index (κ1) is 17.2. The van der Waals surface area contributed by atoms with E-state index in [1.165, 1.54) is 32.1 Å². The van der Waals surface area contributed by atoms with E-state index in [0.29, 0.717) is 18.9 Å². The first-order valence-corrected chi connectivity index (χ1v) is 8.76. The maximum absolute atomic E-state index is 11.9. The molecule has 2 rings (SSSR count). The van der Waals surface area contributed by atoms with Gasteiger partial charge in [-0.05, 0) is 44.7 Å². The lowest BCUT2D eigenvalue weighted by atomic mass is 9.89. The molecule has 6 nitrogen and oxygen atoms in total. The summed E-state index contributed by atoms with van der Waals surface area (Å²) in [6.45, 7) is 3.09. The number of rotatable bonds is 7. The second kappa shape index (κ2) is 9.79. The summed E-state index contributed by atoms with van der Waals surface area (Å²) in [5.41, 5.74) is 5.59. The Labute approximate surface area is 133 Å². The van der Waals surface area contributed by atoms with E-state index in [-0.39, 0.29) is 17.7 Å². The Morgan fingerprint density at radius 2 is 1.73 bits per heavy atom. The van der Waals surface area contributed by atoms with Gasteiger partial charge in [0.2, 0.25) is 11.8 Å². The van der Waals surface area contributed by atoms with Gasteiger partial charge in [-0.1, -0.05) is 19.3 Å². The second-order valence-electron chi connectivity index (χ2n) is 6.50. The number of carbonyl (C=O) groups is 2. The van der Waals surface area contributed by atoms with Crippen molar-refractivity contribution in [1.82, 2.24) is 21.5 Å². The van der Waals surface area contributed by atoms with Crippen molar-refractivity contribution >= 4 is 11.8 Å². The van der Waals surface area contributed by atoms with Crippen LogP contribution in [-0.2, 0) is 9.59 Å². The standard InChI is InChI=1S/C16H30N4O2/c21-15(18-12-13-4-2-1-3-5-13)8-11-19-20-16(22)14-6-9-17-10-7-14/h13-14,17,19H,1-12H2,(H,18,21)(H,20,22). The van der Waals surface area contributed by atoms with Crippen LogP contribution in [0.15, 0.2) is 0 Å². The molecule has 2 amide bonds. The lowest BCUT2D eigenvalue weighted by molar-refractivity contribution is -0.127. The van der Waals surface area contributed by atoms with Gasteiger partial charge < -0.3 is 10.6 Å². The summed E-state index contributed by atoms with van der Waals surface area (Å²) < 4.78 is 0. The van der Waals surface area contributed by atoms with Crippen LogP contribution >= 0.6 is 0 Å². The summed E-state index contributed by atoms with van der Waals surface area (Å²) in [7, 11) is 0. The van der Waals surface area contributed by atoms with Gasteiger partial charge in [-0.3, -0.25) is 15.0 Å². The number of hydrazine groups is 1. The van der Waals surface area contributed by atoms with Gasteiger partial charge in [0.25, 0.3) is 0 Å². The van der Waals surface area contributed by atoms with Crippen LogP contribution in [0.3, 0.4) is 0 Å². The molecule has 1 aliphatic carbocycles. The number of piperidine rings is 1. The zero-order valence-electron chi connectivity index (χ0n) is 13.5. The molecule has 0 atom stereocenters. The van der Waals surface area contributed by atoms with Crippen molar-refractivity contribution in [2.45, 2.75) is 51.4 Å². The van der Waals surface area contributed by atoms with Crippen molar-refractivity contribution in [1.29, 1.82) is 0 Å². The second-order valence-corrected chi connectivity index (χ2v) is 6.50. The van der Waals surface area contributed by atoms with Crippen molar-refractivity contribution in [3.63, 3.8) is 0 Å². The molecule has 1 aliphatic heterocycles. The van der Waals surface area contributed by atoms with Gasteiger partial charge in [0.15, 0.2) is 0 Å². The summed E-state index contributed by atoms with van der Waals surface area (Å²) in [5, 5.41) is 6.24. The molecular weight excluding hydrogens is 280 g/mol. The van der Waals surface area contributed by atoms with E-state index in [0.717, 1.165) is 32.5 Å². The predicted molar refractivity (Wildman–Crippen MR) is 85.9 cm³/mol. The van der Waals surface area contributed by atoms with Crippen LogP contribution < -0.4 is 21.5 Å². The largest absolute Gasteiger partial charge is 0.356 e. The molecule has 0 aromatic rings. The number of amides is 2. The minimum absolute atomic E-state index is 0.0455. The predicted octanol–water partition coefficient (Wildman–Crippen LogP) is 0.693. The van der Waals surface area contributed by atoms with Gasteiger partial charge >= 0.3 is 0 Å². The number of hydrogen-bond acceptors (Lipinski definition) is 4. The van der Waals surface area contributed by atoms with Crippen LogP contribution in [-0.4, -0.2) is 38.0 Å². The maximum Gasteiger partial charge on any atom is 0.237 e. The summed E-state index contributed by atoms with van der Waals surface area (Å²) in [4.78, 5) is 23.6. The monoisotopic (exact) mass is 310 g/mol. The summed E-state index contributed by atoms with van der Waals surface area (Å²) >= 11 is 0. The minimum atomic E-state index is 0.0455. The van der Waals surface area contributed by atoms with E-state index < -0.39 is 0 Å². The summed E-state index contributed by atoms with van der Waals surface area (Å²) in [5.74, 6) is 0.859. The molecule has 6 heteroatoms. The Balaban J connectivity index is 1.48. The lowest BCUT2D eigenvalue weighted by Gasteiger charge is -2.22. The molecule has 1 saturated heterocycles. The molecule has 0 aromatic heterocycles. The average molecular weight is 310 g/mol. The van der Waals surface area contributed by atoms with E-state index in [2.05, 4.69) is 21.5 Å². The van der Waals surface area contributed by atoms with Gasteiger partial charge in [0.1, 0.15) is 0 Å². The Bertz CT molecular complexity index is 350. The highest BCUT2D eigenvalue weighted by Gasteiger charge is 2.20. The molecular formula is C16H30N4O2. The van der Waals surface area contributed by atoms with Crippen molar-refractivity contribution in [2.75, 3.05) is 26.2 Å². The molecule has 0 radical (unpaired) electrons. The van der Waals surface area contributed by atoms with Gasteiger partial charge in [-0.2, -0.15) is 0 Å². The smallest absolute Gasteiger partial charge is 0.237 e. The van der Waals surface area contributed by atoms with E-state index in [4.69, 9.17) is 0 Å². The van der Waals surface area contributed by atoms with Crippen LogP contribution in [0.25, 0.3) is 0 Å². The van der Waals surface area contributed by atoms with Crippen LogP contribution in [0.5, 0.6) is 0 Å². The molecule has 22 heavy (non-hydrogen) atoms. The van der Waals surface area contributed by atoms with Crippen molar-refractivity contribution in [2.24, 2.45) is 11.8 Å². The van der Waals surface area contributed by atoms with Crippen molar-refractivity contribution in [3.8, 4) is 0 Å². The first-order valence-electron chi connectivity index (χ1n) is 8.76. The molecule has 1 heterocycles. The Hall–Kier alpha value is -1.14. The molecule has 4 N–H and O–H groups in total. The summed E-state index contributed by atoms with van der Waals surface area (Å²) in [6.07, 6.45) is 8.58. The number of carbonyl (C=O) groups excluding carboxylic acids is 2. The quantitative estimate of drug-likeness (QED) is 0.412. The molecule has 1 saturated carbocycles. The summed E-state index contributed by atoms with van der Waals surface area (Å²) in [6, 6.07) is 0. The molecule has 0 unspecified atom stereocenters. The molecule has 126 valence electrons. The normalized spacial score (nSPS) is 20.5. The number of nitrogens with one attached hydrogen (secondary N) is 4. The molecule has 2 fully saturated rings. The Morgan fingerprint density at radius 1 is 1.00 bits per heavy atom. The Kier molecular flexibility index (Phi) is 7.66. The highest BCUT2D eigenvalue weighted by molar-refractivity contribution is 5.78. The number of hydrogen-bond donors (Lipinski definition) is 4. The molecule has 0 aromatic carbocycles. The van der Waals surface area contributed by atoms with E-state index in [1.807, 2.05) is 0 Å². The third-order valence-electron chi connectivity index (χ3n) is 4.71. The van der Waals surface area contributed by atoms with E-state index >= 15 is 0 Å². The fourth-order valence-electron chi connectivity index (χ4n) is 3.25. The van der Waals surface area contributed by atoms with Crippen molar-refractivity contribution < 1.29 is 9.59 Å². The van der Waals surface area contributed by atoms with Gasteiger partial charge in [0, 0.05) is 25.4 Å². The molecule has 0 bridgehead atoms. The average Bonchev–Trinajstić information content (AvgIpc) is 2.58. The zero-order chi connectivity index (χ0) is 15.6. The Morgan fingerprint density at radius 3 is 2.45 bits per heavy atom. The third-order valence-corrected chi connectivity index (χ3v) is 4.71. The highest BCUT2D eigenvalue weighted by Crippen LogP contribution is 2.22. The zero-order valence-corrected chi connectivity index (χ0v) is 13.5. The highest BCUT2D eigenvalue weighted by atomic mass is 16.2. The van der Waals surface area contributed by atoms with Gasteiger partial charge in [0.05, 0.1) is 0 Å². The van der Waals surface area contributed by atoms with E-state index in [9.17, 15) is 9.59 Å². The minimum Gasteiger partial charge on any atom is -0.356 e. The third kappa shape index (κ3) is 6.32. The van der Waals surface area contributed by atoms with Crippen LogP contribution in [0.1, 0.15) is 51.4 Å².